The molecule has 0 spiro atoms. The van der Waals surface area contributed by atoms with Crippen LogP contribution < -0.4 is 11.1 Å². The molecule has 19 heavy (non-hydrogen) atoms. The average molecular weight is 283 g/mol. The Morgan fingerprint density at radius 2 is 2.32 bits per heavy atom. The van der Waals surface area contributed by atoms with Gasteiger partial charge in [0.1, 0.15) is 0 Å². The topological polar surface area (TPSA) is 67.6 Å². The lowest BCUT2D eigenvalue weighted by molar-refractivity contribution is -0.121. The van der Waals surface area contributed by atoms with Crippen LogP contribution in [0.25, 0.3) is 0 Å². The molecule has 1 aromatic rings. The van der Waals surface area contributed by atoms with Gasteiger partial charge < -0.3 is 15.8 Å². The Morgan fingerprint density at radius 1 is 1.53 bits per heavy atom. The number of hydrogen-bond acceptors (Lipinski definition) is 5. The molecule has 1 unspecified atom stereocenters. The van der Waals surface area contributed by atoms with Gasteiger partial charge in [-0.2, -0.15) is 0 Å². The van der Waals surface area contributed by atoms with Gasteiger partial charge in [0.25, 0.3) is 0 Å². The van der Waals surface area contributed by atoms with Crippen LogP contribution in [0.3, 0.4) is 0 Å². The summed E-state index contributed by atoms with van der Waals surface area (Å²) in [6, 6.07) is 4.42. The largest absolute Gasteiger partial charge is 0.379 e. The molecule has 2 rings (SSSR count). The van der Waals surface area contributed by atoms with Gasteiger partial charge in [-0.25, -0.2) is 0 Å². The number of nitrogens with zero attached hydrogens (tertiary/aromatic N) is 1. The van der Waals surface area contributed by atoms with Crippen molar-refractivity contribution in [2.45, 2.75) is 12.5 Å². The summed E-state index contributed by atoms with van der Waals surface area (Å²) < 4.78 is 5.39. The summed E-state index contributed by atoms with van der Waals surface area (Å²) >= 11 is 1.73. The first-order valence-electron chi connectivity index (χ1n) is 6.63. The number of carbonyl (C=O) groups excluding carboxylic acids is 1. The number of amides is 1. The SMILES string of the molecule is NCCC(=O)NCC(c1cccs1)N1CCOCC1. The summed E-state index contributed by atoms with van der Waals surface area (Å²) in [5.41, 5.74) is 5.39. The third kappa shape index (κ3) is 4.28. The predicted octanol–water partition coefficient (Wildman–Crippen LogP) is 0.586. The Bertz CT molecular complexity index is 377. The van der Waals surface area contributed by atoms with E-state index < -0.39 is 0 Å². The lowest BCUT2D eigenvalue weighted by atomic mass is 10.2. The van der Waals surface area contributed by atoms with Crippen LogP contribution in [0.4, 0.5) is 0 Å². The fourth-order valence-electron chi connectivity index (χ4n) is 2.21. The summed E-state index contributed by atoms with van der Waals surface area (Å²) in [6.07, 6.45) is 0.389. The van der Waals surface area contributed by atoms with Crippen molar-refractivity contribution in [3.63, 3.8) is 0 Å². The normalized spacial score (nSPS) is 18.2. The molecule has 1 amide bonds. The standard InChI is InChI=1S/C13H21N3O2S/c14-4-3-13(17)15-10-11(12-2-1-9-19-12)16-5-7-18-8-6-16/h1-2,9,11H,3-8,10,14H2,(H,15,17). The third-order valence-corrected chi connectivity index (χ3v) is 4.20. The highest BCUT2D eigenvalue weighted by Gasteiger charge is 2.23. The fourth-order valence-corrected chi connectivity index (χ4v) is 3.07. The lowest BCUT2D eigenvalue weighted by Gasteiger charge is -2.34. The number of rotatable bonds is 6. The number of nitrogens with two attached hydrogens (primary N) is 1. The zero-order valence-corrected chi connectivity index (χ0v) is 11.8. The van der Waals surface area contributed by atoms with E-state index in [0.29, 0.717) is 19.5 Å². The fraction of sp³-hybridized carbons (Fsp3) is 0.615. The van der Waals surface area contributed by atoms with Crippen LogP contribution in [0.15, 0.2) is 17.5 Å². The maximum Gasteiger partial charge on any atom is 0.221 e. The van der Waals surface area contributed by atoms with Gasteiger partial charge in [0.05, 0.1) is 19.3 Å². The maximum atomic E-state index is 11.6. The number of ether oxygens (including phenoxy) is 1. The molecular weight excluding hydrogens is 262 g/mol. The molecule has 0 radical (unpaired) electrons. The third-order valence-electron chi connectivity index (χ3n) is 3.22. The monoisotopic (exact) mass is 283 g/mol. The van der Waals surface area contributed by atoms with Crippen molar-refractivity contribution in [1.29, 1.82) is 0 Å². The Morgan fingerprint density at radius 3 is 2.95 bits per heavy atom. The molecule has 5 nitrogen and oxygen atoms in total. The van der Waals surface area contributed by atoms with E-state index in [1.54, 1.807) is 11.3 Å². The molecule has 0 saturated carbocycles. The molecule has 1 aliphatic heterocycles. The van der Waals surface area contributed by atoms with Crippen LogP contribution in [-0.2, 0) is 9.53 Å². The quantitative estimate of drug-likeness (QED) is 0.802. The molecule has 1 aliphatic rings. The highest BCUT2D eigenvalue weighted by Crippen LogP contribution is 2.25. The van der Waals surface area contributed by atoms with Crippen molar-refractivity contribution >= 4 is 17.2 Å². The van der Waals surface area contributed by atoms with Crippen LogP contribution in [-0.4, -0.2) is 50.2 Å². The van der Waals surface area contributed by atoms with Crippen LogP contribution >= 0.6 is 11.3 Å². The molecule has 1 saturated heterocycles. The van der Waals surface area contributed by atoms with E-state index in [4.69, 9.17) is 10.5 Å². The minimum absolute atomic E-state index is 0.0253. The van der Waals surface area contributed by atoms with Crippen LogP contribution in [0.2, 0.25) is 0 Å². The first-order chi connectivity index (χ1) is 9.31. The number of hydrogen-bond donors (Lipinski definition) is 2. The Kier molecular flexibility index (Phi) is 5.78. The molecule has 2 heterocycles. The zero-order chi connectivity index (χ0) is 13.5. The molecule has 1 aromatic heterocycles. The van der Waals surface area contributed by atoms with Crippen molar-refractivity contribution in [1.82, 2.24) is 10.2 Å². The molecule has 0 bridgehead atoms. The van der Waals surface area contributed by atoms with E-state index in [0.717, 1.165) is 26.3 Å². The van der Waals surface area contributed by atoms with Gasteiger partial charge in [0, 0.05) is 37.5 Å². The molecular formula is C13H21N3O2S. The number of morpholine rings is 1. The summed E-state index contributed by atoms with van der Waals surface area (Å²) in [6.45, 7) is 4.38. The smallest absolute Gasteiger partial charge is 0.221 e. The Balaban J connectivity index is 1.96. The van der Waals surface area contributed by atoms with Crippen molar-refractivity contribution in [2.24, 2.45) is 5.73 Å². The number of thiophene rings is 1. The summed E-state index contributed by atoms with van der Waals surface area (Å²) in [4.78, 5) is 15.2. The highest BCUT2D eigenvalue weighted by molar-refractivity contribution is 7.10. The Hall–Kier alpha value is -0.950. The second-order valence-corrected chi connectivity index (χ2v) is 5.50. The summed E-state index contributed by atoms with van der Waals surface area (Å²) in [5, 5.41) is 5.05. The van der Waals surface area contributed by atoms with Crippen molar-refractivity contribution in [3.8, 4) is 0 Å². The lowest BCUT2D eigenvalue weighted by Crippen LogP contribution is -2.43. The van der Waals surface area contributed by atoms with E-state index in [-0.39, 0.29) is 11.9 Å². The van der Waals surface area contributed by atoms with Crippen molar-refractivity contribution in [2.75, 3.05) is 39.4 Å². The molecule has 6 heteroatoms. The van der Waals surface area contributed by atoms with Crippen LogP contribution in [0.5, 0.6) is 0 Å². The molecule has 1 fully saturated rings. The second-order valence-electron chi connectivity index (χ2n) is 4.52. The van der Waals surface area contributed by atoms with E-state index in [1.807, 2.05) is 0 Å². The van der Waals surface area contributed by atoms with Gasteiger partial charge in [-0.3, -0.25) is 9.69 Å². The second kappa shape index (κ2) is 7.59. The molecule has 0 aromatic carbocycles. The van der Waals surface area contributed by atoms with E-state index in [1.165, 1.54) is 4.88 Å². The first kappa shape index (κ1) is 14.5. The number of carbonyl (C=O) groups is 1. The first-order valence-corrected chi connectivity index (χ1v) is 7.51. The minimum atomic E-state index is 0.0253. The van der Waals surface area contributed by atoms with Gasteiger partial charge in [-0.05, 0) is 11.4 Å². The van der Waals surface area contributed by atoms with Crippen LogP contribution in [0.1, 0.15) is 17.3 Å². The Labute approximate surface area is 117 Å². The minimum Gasteiger partial charge on any atom is -0.379 e. The highest BCUT2D eigenvalue weighted by atomic mass is 32.1. The van der Waals surface area contributed by atoms with Gasteiger partial charge in [0.15, 0.2) is 0 Å². The zero-order valence-electron chi connectivity index (χ0n) is 11.0. The molecule has 106 valence electrons. The van der Waals surface area contributed by atoms with E-state index in [9.17, 15) is 4.79 Å². The average Bonchev–Trinajstić information content (AvgIpc) is 2.94. The predicted molar refractivity (Wildman–Crippen MR) is 76.1 cm³/mol. The van der Waals surface area contributed by atoms with E-state index in [2.05, 4.69) is 27.7 Å². The summed E-state index contributed by atoms with van der Waals surface area (Å²) in [7, 11) is 0. The van der Waals surface area contributed by atoms with Crippen molar-refractivity contribution < 1.29 is 9.53 Å². The van der Waals surface area contributed by atoms with Gasteiger partial charge in [0.2, 0.25) is 5.91 Å². The van der Waals surface area contributed by atoms with Crippen molar-refractivity contribution in [3.05, 3.63) is 22.4 Å². The van der Waals surface area contributed by atoms with Crippen LogP contribution in [0, 0.1) is 0 Å². The molecule has 1 atom stereocenters. The molecule has 3 N–H and O–H groups in total. The number of nitrogens with one attached hydrogen (secondary N) is 1. The van der Waals surface area contributed by atoms with Gasteiger partial charge in [-0.15, -0.1) is 11.3 Å². The van der Waals surface area contributed by atoms with Gasteiger partial charge >= 0.3 is 0 Å². The molecule has 0 aliphatic carbocycles. The summed E-state index contributed by atoms with van der Waals surface area (Å²) in [5.74, 6) is 0.0253. The van der Waals surface area contributed by atoms with E-state index >= 15 is 0 Å². The van der Waals surface area contributed by atoms with Gasteiger partial charge in [-0.1, -0.05) is 6.07 Å². The maximum absolute atomic E-state index is 11.6.